The Labute approximate surface area is 142 Å². The Morgan fingerprint density at radius 1 is 1.39 bits per heavy atom. The molecule has 0 saturated carbocycles. The molecule has 1 N–H and O–H groups in total. The Morgan fingerprint density at radius 2 is 2.17 bits per heavy atom. The highest BCUT2D eigenvalue weighted by atomic mass is 16.5. The van der Waals surface area contributed by atoms with Crippen LogP contribution in [-0.4, -0.2) is 74.8 Å². The lowest BCUT2D eigenvalue weighted by atomic mass is 9.87. The van der Waals surface area contributed by atoms with Gasteiger partial charge in [0.05, 0.1) is 12.7 Å². The highest BCUT2D eigenvalue weighted by molar-refractivity contribution is 5.80. The fourth-order valence-electron chi connectivity index (χ4n) is 3.62. The summed E-state index contributed by atoms with van der Waals surface area (Å²) in [6.45, 7) is 16.4. The Hall–Kier alpha value is -0.810. The lowest BCUT2D eigenvalue weighted by molar-refractivity contribution is -0.0286. The lowest BCUT2D eigenvalue weighted by Crippen LogP contribution is -2.50. The molecule has 2 unspecified atom stereocenters. The van der Waals surface area contributed by atoms with E-state index in [9.17, 15) is 0 Å². The molecule has 0 aliphatic carbocycles. The van der Waals surface area contributed by atoms with Crippen LogP contribution in [0, 0.1) is 11.3 Å². The zero-order chi connectivity index (χ0) is 16.9. The zero-order valence-electron chi connectivity index (χ0n) is 15.8. The number of nitrogens with zero attached hydrogens (tertiary/aromatic N) is 3. The van der Waals surface area contributed by atoms with Crippen molar-refractivity contribution in [2.75, 3.05) is 52.9 Å². The van der Waals surface area contributed by atoms with Crippen molar-refractivity contribution in [1.29, 1.82) is 0 Å². The molecule has 2 rings (SSSR count). The molecule has 0 aromatic heterocycles. The third kappa shape index (κ3) is 5.35. The molecule has 0 aromatic rings. The Morgan fingerprint density at radius 3 is 2.78 bits per heavy atom. The van der Waals surface area contributed by atoms with Gasteiger partial charge in [0.25, 0.3) is 0 Å². The molecular weight excluding hydrogens is 288 g/mol. The van der Waals surface area contributed by atoms with Crippen molar-refractivity contribution in [2.24, 2.45) is 16.3 Å². The summed E-state index contributed by atoms with van der Waals surface area (Å²) in [5.41, 5.74) is 0.438. The molecule has 134 valence electrons. The molecule has 0 spiro atoms. The van der Waals surface area contributed by atoms with Crippen molar-refractivity contribution in [2.45, 2.75) is 46.6 Å². The number of likely N-dealkylation sites (tertiary alicyclic amines) is 1. The second kappa shape index (κ2) is 8.34. The summed E-state index contributed by atoms with van der Waals surface area (Å²) in [6.07, 6.45) is 2.75. The maximum absolute atomic E-state index is 5.93. The van der Waals surface area contributed by atoms with E-state index >= 15 is 0 Å². The molecule has 5 nitrogen and oxygen atoms in total. The third-order valence-corrected chi connectivity index (χ3v) is 5.26. The molecule has 2 heterocycles. The average Bonchev–Trinajstić information content (AvgIpc) is 2.91. The second-order valence-electron chi connectivity index (χ2n) is 7.91. The van der Waals surface area contributed by atoms with Gasteiger partial charge in [-0.1, -0.05) is 27.7 Å². The minimum absolute atomic E-state index is 0.263. The molecule has 0 bridgehead atoms. The van der Waals surface area contributed by atoms with Gasteiger partial charge >= 0.3 is 0 Å². The number of nitrogens with one attached hydrogen (secondary N) is 1. The van der Waals surface area contributed by atoms with Crippen LogP contribution in [0.15, 0.2) is 4.99 Å². The van der Waals surface area contributed by atoms with Crippen LogP contribution in [0.3, 0.4) is 0 Å². The summed E-state index contributed by atoms with van der Waals surface area (Å²) < 4.78 is 5.93. The largest absolute Gasteiger partial charge is 0.374 e. The van der Waals surface area contributed by atoms with Crippen molar-refractivity contribution < 1.29 is 4.74 Å². The van der Waals surface area contributed by atoms with Gasteiger partial charge in [-0.15, -0.1) is 0 Å². The van der Waals surface area contributed by atoms with Crippen LogP contribution in [0.25, 0.3) is 0 Å². The van der Waals surface area contributed by atoms with Gasteiger partial charge in [-0.2, -0.15) is 0 Å². The van der Waals surface area contributed by atoms with Gasteiger partial charge in [0, 0.05) is 46.3 Å². The Kier molecular flexibility index (Phi) is 6.72. The van der Waals surface area contributed by atoms with Crippen LogP contribution in [-0.2, 0) is 4.74 Å². The highest BCUT2D eigenvalue weighted by Crippen LogP contribution is 2.32. The SMILES string of the molecule is CCC1(C)CCN(C(=NC)NCC2CN(CC(C)C)CCO2)C1. The van der Waals surface area contributed by atoms with Gasteiger partial charge in [0.2, 0.25) is 0 Å². The number of ether oxygens (including phenoxy) is 1. The molecule has 2 saturated heterocycles. The Balaban J connectivity index is 1.79. The van der Waals surface area contributed by atoms with Crippen LogP contribution in [0.5, 0.6) is 0 Å². The van der Waals surface area contributed by atoms with Gasteiger partial charge < -0.3 is 15.0 Å². The molecule has 2 aliphatic heterocycles. The topological polar surface area (TPSA) is 40.1 Å². The molecule has 5 heteroatoms. The first kappa shape index (κ1) is 18.5. The van der Waals surface area contributed by atoms with E-state index in [0.717, 1.165) is 51.8 Å². The molecule has 0 aromatic carbocycles. The third-order valence-electron chi connectivity index (χ3n) is 5.26. The van der Waals surface area contributed by atoms with Crippen molar-refractivity contribution >= 4 is 5.96 Å². The Bertz CT molecular complexity index is 398. The molecular formula is C18H36N4O. The summed E-state index contributed by atoms with van der Waals surface area (Å²) in [6, 6.07) is 0. The standard InChI is InChI=1S/C18H36N4O/c1-6-18(4)7-8-22(14-18)17(19-5)20-11-16-13-21(9-10-23-16)12-15(2)3/h15-16H,6-14H2,1-5H3,(H,19,20). The summed E-state index contributed by atoms with van der Waals surface area (Å²) in [7, 11) is 1.89. The maximum atomic E-state index is 5.93. The molecule has 2 fully saturated rings. The summed E-state index contributed by atoms with van der Waals surface area (Å²) in [5.74, 6) is 1.75. The second-order valence-corrected chi connectivity index (χ2v) is 7.91. The van der Waals surface area contributed by atoms with Gasteiger partial charge in [-0.05, 0) is 24.2 Å². The van der Waals surface area contributed by atoms with Crippen molar-refractivity contribution in [3.8, 4) is 0 Å². The fraction of sp³-hybridized carbons (Fsp3) is 0.944. The highest BCUT2D eigenvalue weighted by Gasteiger charge is 2.33. The average molecular weight is 325 g/mol. The minimum Gasteiger partial charge on any atom is -0.374 e. The first-order valence-electron chi connectivity index (χ1n) is 9.25. The predicted octanol–water partition coefficient (Wildman–Crippen LogP) is 2.04. The quantitative estimate of drug-likeness (QED) is 0.621. The van der Waals surface area contributed by atoms with E-state index in [1.807, 2.05) is 7.05 Å². The number of rotatable bonds is 5. The lowest BCUT2D eigenvalue weighted by Gasteiger charge is -2.34. The number of aliphatic imine (C=N–C) groups is 1. The zero-order valence-corrected chi connectivity index (χ0v) is 15.8. The van der Waals surface area contributed by atoms with Crippen LogP contribution >= 0.6 is 0 Å². The molecule has 23 heavy (non-hydrogen) atoms. The van der Waals surface area contributed by atoms with Crippen LogP contribution in [0.2, 0.25) is 0 Å². The maximum Gasteiger partial charge on any atom is 0.193 e. The number of hydrogen-bond acceptors (Lipinski definition) is 3. The van der Waals surface area contributed by atoms with E-state index in [-0.39, 0.29) is 6.10 Å². The van der Waals surface area contributed by atoms with E-state index in [4.69, 9.17) is 4.74 Å². The normalized spacial score (nSPS) is 30.3. The minimum atomic E-state index is 0.263. The monoisotopic (exact) mass is 324 g/mol. The number of guanidine groups is 1. The van der Waals surface area contributed by atoms with Gasteiger partial charge in [0.15, 0.2) is 5.96 Å². The van der Waals surface area contributed by atoms with E-state index < -0.39 is 0 Å². The van der Waals surface area contributed by atoms with E-state index in [0.29, 0.717) is 11.3 Å². The molecule has 2 aliphatic rings. The molecule has 2 atom stereocenters. The van der Waals surface area contributed by atoms with Crippen LogP contribution < -0.4 is 5.32 Å². The molecule has 0 radical (unpaired) electrons. The summed E-state index contributed by atoms with van der Waals surface area (Å²) >= 11 is 0. The number of morpholine rings is 1. The van der Waals surface area contributed by atoms with Gasteiger partial charge in [0.1, 0.15) is 0 Å². The summed E-state index contributed by atoms with van der Waals surface area (Å²) in [4.78, 5) is 9.41. The van der Waals surface area contributed by atoms with Crippen LogP contribution in [0.1, 0.15) is 40.5 Å². The van der Waals surface area contributed by atoms with Crippen molar-refractivity contribution in [1.82, 2.24) is 15.1 Å². The smallest absolute Gasteiger partial charge is 0.193 e. The van der Waals surface area contributed by atoms with Crippen LogP contribution in [0.4, 0.5) is 0 Å². The first-order valence-corrected chi connectivity index (χ1v) is 9.25. The van der Waals surface area contributed by atoms with Crippen molar-refractivity contribution in [3.05, 3.63) is 0 Å². The van der Waals surface area contributed by atoms with Crippen molar-refractivity contribution in [3.63, 3.8) is 0 Å². The first-order chi connectivity index (χ1) is 11.0. The van der Waals surface area contributed by atoms with Gasteiger partial charge in [-0.3, -0.25) is 9.89 Å². The predicted molar refractivity (Wildman–Crippen MR) is 97.0 cm³/mol. The molecule has 0 amide bonds. The fourth-order valence-corrected chi connectivity index (χ4v) is 3.62. The van der Waals surface area contributed by atoms with E-state index in [1.54, 1.807) is 0 Å². The van der Waals surface area contributed by atoms with Gasteiger partial charge in [-0.25, -0.2) is 0 Å². The van der Waals surface area contributed by atoms with E-state index in [2.05, 4.69) is 47.8 Å². The van der Waals surface area contributed by atoms with E-state index in [1.165, 1.54) is 12.8 Å². The number of hydrogen-bond donors (Lipinski definition) is 1. The summed E-state index contributed by atoms with van der Waals surface area (Å²) in [5, 5.41) is 3.54.